The van der Waals surface area contributed by atoms with Crippen LogP contribution in [0.4, 0.5) is 0 Å². The van der Waals surface area contributed by atoms with E-state index in [1.54, 1.807) is 13.0 Å². The Hall–Kier alpha value is -1.80. The van der Waals surface area contributed by atoms with Crippen LogP contribution in [-0.2, 0) is 19.4 Å². The molecule has 144 valence electrons. The zero-order chi connectivity index (χ0) is 19.5. The minimum Gasteiger partial charge on any atom is -0.496 e. The molecule has 0 N–H and O–H groups in total. The Morgan fingerprint density at radius 1 is 1.38 bits per heavy atom. The molecule has 1 aliphatic rings. The Labute approximate surface area is 158 Å². The van der Waals surface area contributed by atoms with Crippen LogP contribution in [0.3, 0.4) is 0 Å². The monoisotopic (exact) mass is 403 g/mol. The van der Waals surface area contributed by atoms with Gasteiger partial charge in [0.2, 0.25) is 0 Å². The molecule has 1 saturated heterocycles. The SMILES string of the molecule is CCN(C(=O)C(C)OC(=O)c1cc(Cl)ccc1OC)C1CCS(=O)(=O)C1. The highest BCUT2D eigenvalue weighted by atomic mass is 35.5. The molecule has 7 nitrogen and oxygen atoms in total. The summed E-state index contributed by atoms with van der Waals surface area (Å²) >= 11 is 5.91. The van der Waals surface area contributed by atoms with E-state index in [4.69, 9.17) is 21.1 Å². The van der Waals surface area contributed by atoms with Gasteiger partial charge in [0, 0.05) is 17.6 Å². The first-order valence-corrected chi connectivity index (χ1v) is 10.4. The van der Waals surface area contributed by atoms with Gasteiger partial charge in [-0.15, -0.1) is 0 Å². The minimum atomic E-state index is -3.12. The molecule has 2 rings (SSSR count). The predicted octanol–water partition coefficient (Wildman–Crippen LogP) is 1.93. The zero-order valence-electron chi connectivity index (χ0n) is 14.9. The number of hydrogen-bond acceptors (Lipinski definition) is 6. The number of halogens is 1. The Bertz CT molecular complexity index is 794. The van der Waals surface area contributed by atoms with Crippen molar-refractivity contribution < 1.29 is 27.5 Å². The molecule has 0 bridgehead atoms. The molecule has 0 saturated carbocycles. The summed E-state index contributed by atoms with van der Waals surface area (Å²) in [7, 11) is -1.71. The maximum absolute atomic E-state index is 12.7. The molecule has 1 aromatic carbocycles. The molecule has 2 atom stereocenters. The van der Waals surface area contributed by atoms with Crippen molar-refractivity contribution in [2.45, 2.75) is 32.4 Å². The van der Waals surface area contributed by atoms with Crippen LogP contribution in [0.15, 0.2) is 18.2 Å². The van der Waals surface area contributed by atoms with Crippen molar-refractivity contribution in [1.82, 2.24) is 4.90 Å². The summed E-state index contributed by atoms with van der Waals surface area (Å²) in [5.41, 5.74) is 0.117. The van der Waals surface area contributed by atoms with Gasteiger partial charge in [-0.1, -0.05) is 11.6 Å². The first kappa shape index (κ1) is 20.5. The molecular weight excluding hydrogens is 382 g/mol. The van der Waals surface area contributed by atoms with Crippen molar-refractivity contribution in [3.8, 4) is 5.75 Å². The number of hydrogen-bond donors (Lipinski definition) is 0. The largest absolute Gasteiger partial charge is 0.496 e. The van der Waals surface area contributed by atoms with Gasteiger partial charge >= 0.3 is 5.97 Å². The lowest BCUT2D eigenvalue weighted by molar-refractivity contribution is -0.141. The number of amides is 1. The molecule has 0 aliphatic carbocycles. The third kappa shape index (κ3) is 4.67. The van der Waals surface area contributed by atoms with E-state index in [2.05, 4.69) is 0 Å². The Morgan fingerprint density at radius 2 is 2.08 bits per heavy atom. The van der Waals surface area contributed by atoms with E-state index in [1.807, 2.05) is 0 Å². The van der Waals surface area contributed by atoms with Crippen molar-refractivity contribution in [3.05, 3.63) is 28.8 Å². The number of carbonyl (C=O) groups excluding carboxylic acids is 2. The van der Waals surface area contributed by atoms with Gasteiger partial charge in [0.25, 0.3) is 5.91 Å². The molecule has 0 radical (unpaired) electrons. The van der Waals surface area contributed by atoms with Crippen LogP contribution in [-0.4, -0.2) is 62.5 Å². The third-order valence-electron chi connectivity index (χ3n) is 4.29. The molecule has 1 fully saturated rings. The van der Waals surface area contributed by atoms with Gasteiger partial charge in [-0.05, 0) is 38.5 Å². The maximum atomic E-state index is 12.7. The molecule has 1 aliphatic heterocycles. The van der Waals surface area contributed by atoms with E-state index in [0.717, 1.165) is 0 Å². The Morgan fingerprint density at radius 3 is 2.62 bits per heavy atom. The fourth-order valence-electron chi connectivity index (χ4n) is 2.96. The summed E-state index contributed by atoms with van der Waals surface area (Å²) < 4.78 is 33.7. The maximum Gasteiger partial charge on any atom is 0.342 e. The zero-order valence-corrected chi connectivity index (χ0v) is 16.5. The molecule has 1 amide bonds. The first-order valence-electron chi connectivity index (χ1n) is 8.24. The number of nitrogens with zero attached hydrogens (tertiary/aromatic N) is 1. The lowest BCUT2D eigenvalue weighted by Gasteiger charge is -2.29. The average Bonchev–Trinajstić information content (AvgIpc) is 2.94. The normalized spacial score (nSPS) is 19.6. The molecular formula is C17H22ClNO6S. The van der Waals surface area contributed by atoms with Crippen LogP contribution in [0.1, 0.15) is 30.6 Å². The van der Waals surface area contributed by atoms with Crippen LogP contribution in [0.2, 0.25) is 5.02 Å². The first-order chi connectivity index (χ1) is 12.2. The van der Waals surface area contributed by atoms with E-state index < -0.39 is 27.8 Å². The average molecular weight is 404 g/mol. The molecule has 2 unspecified atom stereocenters. The summed E-state index contributed by atoms with van der Waals surface area (Å²) in [4.78, 5) is 26.5. The van der Waals surface area contributed by atoms with Crippen molar-refractivity contribution in [2.24, 2.45) is 0 Å². The van der Waals surface area contributed by atoms with Crippen molar-refractivity contribution >= 4 is 33.3 Å². The van der Waals surface area contributed by atoms with E-state index in [1.165, 1.54) is 31.1 Å². The highest BCUT2D eigenvalue weighted by molar-refractivity contribution is 7.91. The quantitative estimate of drug-likeness (QED) is 0.674. The fourth-order valence-corrected chi connectivity index (χ4v) is 4.87. The number of carbonyl (C=O) groups is 2. The van der Waals surface area contributed by atoms with Crippen molar-refractivity contribution in [1.29, 1.82) is 0 Å². The summed E-state index contributed by atoms with van der Waals surface area (Å²) in [5.74, 6) is -0.873. The van der Waals surface area contributed by atoms with Crippen LogP contribution in [0.25, 0.3) is 0 Å². The number of methoxy groups -OCH3 is 1. The summed E-state index contributed by atoms with van der Waals surface area (Å²) in [6.07, 6.45) is -0.667. The van der Waals surface area contributed by atoms with E-state index in [-0.39, 0.29) is 28.9 Å². The molecule has 0 aromatic heterocycles. The van der Waals surface area contributed by atoms with E-state index in [9.17, 15) is 18.0 Å². The number of esters is 1. The fraction of sp³-hybridized carbons (Fsp3) is 0.529. The van der Waals surface area contributed by atoms with E-state index >= 15 is 0 Å². The Kier molecular flexibility index (Phi) is 6.52. The lowest BCUT2D eigenvalue weighted by atomic mass is 10.2. The number of ether oxygens (including phenoxy) is 2. The van der Waals surface area contributed by atoms with Crippen molar-refractivity contribution in [2.75, 3.05) is 25.2 Å². The number of likely N-dealkylation sites (N-methyl/N-ethyl adjacent to an activating group) is 1. The van der Waals surface area contributed by atoms with E-state index in [0.29, 0.717) is 18.0 Å². The molecule has 0 spiro atoms. The smallest absolute Gasteiger partial charge is 0.342 e. The van der Waals surface area contributed by atoms with Gasteiger partial charge in [0.1, 0.15) is 11.3 Å². The molecule has 1 aromatic rings. The van der Waals surface area contributed by atoms with Gasteiger partial charge in [-0.3, -0.25) is 4.79 Å². The van der Waals surface area contributed by atoms with Gasteiger partial charge in [-0.2, -0.15) is 0 Å². The van der Waals surface area contributed by atoms with Crippen LogP contribution >= 0.6 is 11.6 Å². The third-order valence-corrected chi connectivity index (χ3v) is 6.27. The summed E-state index contributed by atoms with van der Waals surface area (Å²) in [6.45, 7) is 3.56. The van der Waals surface area contributed by atoms with Crippen LogP contribution in [0, 0.1) is 0 Å². The topological polar surface area (TPSA) is 90.0 Å². The highest BCUT2D eigenvalue weighted by Gasteiger charge is 2.36. The second-order valence-corrected chi connectivity index (χ2v) is 8.74. The number of benzene rings is 1. The van der Waals surface area contributed by atoms with Gasteiger partial charge in [0.05, 0.1) is 18.6 Å². The lowest BCUT2D eigenvalue weighted by Crippen LogP contribution is -2.46. The summed E-state index contributed by atoms with van der Waals surface area (Å²) in [5, 5.41) is 0.336. The van der Waals surface area contributed by atoms with Crippen LogP contribution in [0.5, 0.6) is 5.75 Å². The summed E-state index contributed by atoms with van der Waals surface area (Å²) in [6, 6.07) is 4.12. The van der Waals surface area contributed by atoms with Gasteiger partial charge < -0.3 is 14.4 Å². The number of sulfone groups is 1. The predicted molar refractivity (Wildman–Crippen MR) is 97.3 cm³/mol. The Balaban J connectivity index is 2.10. The number of rotatable bonds is 6. The molecule has 26 heavy (non-hydrogen) atoms. The second-order valence-electron chi connectivity index (χ2n) is 6.07. The minimum absolute atomic E-state index is 0.0602. The molecule has 1 heterocycles. The van der Waals surface area contributed by atoms with Gasteiger partial charge in [-0.25, -0.2) is 13.2 Å². The second kappa shape index (κ2) is 8.26. The van der Waals surface area contributed by atoms with Gasteiger partial charge in [0.15, 0.2) is 15.9 Å². The standard InChI is InChI=1S/C17H22ClNO6S/c1-4-19(13-7-8-26(22,23)10-13)16(20)11(2)25-17(21)14-9-12(18)5-6-15(14)24-3/h5-6,9,11,13H,4,7-8,10H2,1-3H3. The highest BCUT2D eigenvalue weighted by Crippen LogP contribution is 2.24. The molecule has 9 heteroatoms. The van der Waals surface area contributed by atoms with Crippen LogP contribution < -0.4 is 4.74 Å². The van der Waals surface area contributed by atoms with Crippen molar-refractivity contribution in [3.63, 3.8) is 0 Å².